The number of H-pyrrole nitrogens is 1. The molecule has 0 saturated carbocycles. The van der Waals surface area contributed by atoms with Crippen LogP contribution in [-0.2, 0) is 13.5 Å². The molecule has 0 aliphatic heterocycles. The summed E-state index contributed by atoms with van der Waals surface area (Å²) in [7, 11) is 2.15. The SMILES string of the molecule is Cn1c2c3c(n[nH]cc4cccc1c43)CC(C)(C)C=2. The standard InChI is InChI=1S/C16H17N3/c1-16(2)7-11-15-13(8-16)19(3)12-6-4-5-10(14(12)15)9-17-18-11/h4-6,8-9,17H,7H2,1-3H3. The Balaban J connectivity index is 2.41. The number of rotatable bonds is 0. The first-order valence-electron chi connectivity index (χ1n) is 6.70. The molecule has 1 aliphatic carbocycles. The number of benzene rings is 1. The molecule has 3 aromatic rings. The van der Waals surface area contributed by atoms with Gasteiger partial charge in [-0.25, -0.2) is 0 Å². The second-order valence-electron chi connectivity index (χ2n) is 6.20. The predicted molar refractivity (Wildman–Crippen MR) is 78.6 cm³/mol. The van der Waals surface area contributed by atoms with E-state index in [9.17, 15) is 0 Å². The third kappa shape index (κ3) is 1.35. The summed E-state index contributed by atoms with van der Waals surface area (Å²) in [6, 6.07) is 6.44. The number of nitrogens with zero attached hydrogens (tertiary/aromatic N) is 2. The minimum absolute atomic E-state index is 0.153. The second kappa shape index (κ2) is 3.29. The van der Waals surface area contributed by atoms with Gasteiger partial charge in [0.15, 0.2) is 0 Å². The highest BCUT2D eigenvalue weighted by Gasteiger charge is 2.25. The molecule has 0 unspecified atom stereocenters. The Morgan fingerprint density at radius 2 is 2.11 bits per heavy atom. The van der Waals surface area contributed by atoms with Crippen molar-refractivity contribution in [2.45, 2.75) is 20.3 Å². The first kappa shape index (κ1) is 10.9. The molecule has 1 N–H and O–H groups in total. The minimum Gasteiger partial charge on any atom is -0.344 e. The second-order valence-corrected chi connectivity index (χ2v) is 6.20. The average Bonchev–Trinajstić information content (AvgIpc) is 2.54. The summed E-state index contributed by atoms with van der Waals surface area (Å²) in [5.74, 6) is 0. The molecule has 2 heterocycles. The Morgan fingerprint density at radius 1 is 1.26 bits per heavy atom. The van der Waals surface area contributed by atoms with Crippen LogP contribution in [0.5, 0.6) is 0 Å². The average molecular weight is 251 g/mol. The zero-order valence-corrected chi connectivity index (χ0v) is 11.5. The van der Waals surface area contributed by atoms with E-state index in [4.69, 9.17) is 0 Å². The summed E-state index contributed by atoms with van der Waals surface area (Å²) in [5.41, 5.74) is 2.61. The van der Waals surface area contributed by atoms with Gasteiger partial charge < -0.3 is 4.57 Å². The molecule has 3 heteroatoms. The van der Waals surface area contributed by atoms with Gasteiger partial charge in [0.2, 0.25) is 0 Å². The van der Waals surface area contributed by atoms with Gasteiger partial charge in [-0.3, -0.25) is 5.10 Å². The predicted octanol–water partition coefficient (Wildman–Crippen LogP) is 2.70. The summed E-state index contributed by atoms with van der Waals surface area (Å²) < 4.78 is 2.30. The largest absolute Gasteiger partial charge is 0.344 e. The van der Waals surface area contributed by atoms with Crippen LogP contribution < -0.4 is 5.35 Å². The molecule has 2 aromatic heterocycles. The van der Waals surface area contributed by atoms with Crippen LogP contribution in [0.2, 0.25) is 0 Å². The van der Waals surface area contributed by atoms with Gasteiger partial charge in [-0.2, -0.15) is 5.10 Å². The van der Waals surface area contributed by atoms with E-state index in [-0.39, 0.29) is 5.41 Å². The van der Waals surface area contributed by atoms with E-state index in [1.54, 1.807) is 0 Å². The van der Waals surface area contributed by atoms with E-state index < -0.39 is 0 Å². The molecule has 96 valence electrons. The minimum atomic E-state index is 0.153. The topological polar surface area (TPSA) is 33.6 Å². The van der Waals surface area contributed by atoms with Crippen molar-refractivity contribution in [2.24, 2.45) is 12.5 Å². The lowest BCUT2D eigenvalue weighted by Gasteiger charge is -2.22. The maximum absolute atomic E-state index is 4.58. The Labute approximate surface area is 111 Å². The molecule has 1 aromatic carbocycles. The van der Waals surface area contributed by atoms with E-state index in [2.05, 4.69) is 59.9 Å². The molecule has 4 rings (SSSR count). The highest BCUT2D eigenvalue weighted by Crippen LogP contribution is 2.33. The number of hydrogen-bond acceptors (Lipinski definition) is 1. The van der Waals surface area contributed by atoms with Crippen molar-refractivity contribution < 1.29 is 0 Å². The van der Waals surface area contributed by atoms with Crippen molar-refractivity contribution in [3.8, 4) is 0 Å². The first-order valence-corrected chi connectivity index (χ1v) is 6.70. The molecular formula is C16H17N3. The molecule has 0 spiro atoms. The van der Waals surface area contributed by atoms with Crippen molar-refractivity contribution in [1.29, 1.82) is 0 Å². The molecule has 0 radical (unpaired) electrons. The summed E-state index contributed by atoms with van der Waals surface area (Å²) in [6.07, 6.45) is 5.37. The zero-order valence-electron chi connectivity index (χ0n) is 11.5. The van der Waals surface area contributed by atoms with Gasteiger partial charge in [0.25, 0.3) is 0 Å². The van der Waals surface area contributed by atoms with Crippen molar-refractivity contribution in [2.75, 3.05) is 0 Å². The van der Waals surface area contributed by atoms with Crippen LogP contribution in [0.15, 0.2) is 24.4 Å². The molecule has 3 nitrogen and oxygen atoms in total. The Morgan fingerprint density at radius 3 is 2.95 bits per heavy atom. The van der Waals surface area contributed by atoms with Crippen LogP contribution in [0, 0.1) is 5.41 Å². The van der Waals surface area contributed by atoms with E-state index >= 15 is 0 Å². The highest BCUT2D eigenvalue weighted by atomic mass is 15.1. The zero-order chi connectivity index (χ0) is 13.2. The fourth-order valence-electron chi connectivity index (χ4n) is 3.33. The number of nitrogens with one attached hydrogen (secondary N) is 1. The Kier molecular flexibility index (Phi) is 1.88. The van der Waals surface area contributed by atoms with Gasteiger partial charge >= 0.3 is 0 Å². The van der Waals surface area contributed by atoms with Crippen LogP contribution >= 0.6 is 0 Å². The number of aromatic nitrogens is 3. The lowest BCUT2D eigenvalue weighted by Crippen LogP contribution is -2.26. The normalized spacial score (nSPS) is 16.8. The van der Waals surface area contributed by atoms with E-state index in [1.165, 1.54) is 32.7 Å². The molecule has 0 bridgehead atoms. The van der Waals surface area contributed by atoms with Crippen LogP contribution in [0.4, 0.5) is 0 Å². The quantitative estimate of drug-likeness (QED) is 0.655. The van der Waals surface area contributed by atoms with Gasteiger partial charge in [-0.1, -0.05) is 32.1 Å². The fourth-order valence-corrected chi connectivity index (χ4v) is 3.33. The third-order valence-corrected chi connectivity index (χ3v) is 4.16. The number of aryl methyl sites for hydroxylation is 1. The fraction of sp³-hybridized carbons (Fsp3) is 0.312. The third-order valence-electron chi connectivity index (χ3n) is 4.16. The van der Waals surface area contributed by atoms with Gasteiger partial charge in [-0.05, 0) is 11.5 Å². The van der Waals surface area contributed by atoms with Gasteiger partial charge in [0.05, 0.1) is 5.69 Å². The van der Waals surface area contributed by atoms with Crippen LogP contribution in [0.25, 0.3) is 27.8 Å². The Hall–Kier alpha value is -2.03. The van der Waals surface area contributed by atoms with Crippen molar-refractivity contribution in [3.63, 3.8) is 0 Å². The molecule has 0 saturated heterocycles. The first-order chi connectivity index (χ1) is 9.07. The summed E-state index contributed by atoms with van der Waals surface area (Å²) in [6.45, 7) is 4.54. The van der Waals surface area contributed by atoms with Crippen molar-refractivity contribution >= 4 is 27.8 Å². The van der Waals surface area contributed by atoms with Crippen molar-refractivity contribution in [3.05, 3.63) is 35.4 Å². The van der Waals surface area contributed by atoms with Crippen LogP contribution in [-0.4, -0.2) is 14.8 Å². The molecule has 19 heavy (non-hydrogen) atoms. The maximum Gasteiger partial charge on any atom is 0.0715 e. The number of aromatic amines is 1. The molecule has 0 amide bonds. The Bertz CT molecular complexity index is 878. The van der Waals surface area contributed by atoms with Crippen molar-refractivity contribution in [1.82, 2.24) is 14.8 Å². The van der Waals surface area contributed by atoms with Crippen LogP contribution in [0.1, 0.15) is 19.5 Å². The molecular weight excluding hydrogens is 234 g/mol. The molecule has 0 fully saturated rings. The summed E-state index contributed by atoms with van der Waals surface area (Å²) in [4.78, 5) is 0. The summed E-state index contributed by atoms with van der Waals surface area (Å²) >= 11 is 0. The van der Waals surface area contributed by atoms with Gasteiger partial charge in [-0.15, -0.1) is 0 Å². The van der Waals surface area contributed by atoms with E-state index in [0.717, 1.165) is 6.42 Å². The monoisotopic (exact) mass is 251 g/mol. The van der Waals surface area contributed by atoms with Crippen LogP contribution in [0.3, 0.4) is 0 Å². The lowest BCUT2D eigenvalue weighted by molar-refractivity contribution is 0.498. The molecule has 0 atom stereocenters. The molecule has 1 aliphatic rings. The maximum atomic E-state index is 4.58. The van der Waals surface area contributed by atoms with Gasteiger partial charge in [0.1, 0.15) is 0 Å². The van der Waals surface area contributed by atoms with E-state index in [1.807, 2.05) is 6.20 Å². The van der Waals surface area contributed by atoms with Gasteiger partial charge in [0, 0.05) is 46.7 Å². The highest BCUT2D eigenvalue weighted by molar-refractivity contribution is 6.10. The smallest absolute Gasteiger partial charge is 0.0715 e. The number of hydrogen-bond donors (Lipinski definition) is 1. The lowest BCUT2D eigenvalue weighted by atomic mass is 9.83. The van der Waals surface area contributed by atoms with E-state index in [0.29, 0.717) is 0 Å². The summed E-state index contributed by atoms with van der Waals surface area (Å²) in [5, 5.41) is 12.8.